The molecule has 3 rings (SSSR count). The number of carbonyl (C=O) groups is 2. The van der Waals surface area contributed by atoms with E-state index in [0.717, 1.165) is 17.6 Å². The summed E-state index contributed by atoms with van der Waals surface area (Å²) >= 11 is 0. The average molecular weight is 380 g/mol. The van der Waals surface area contributed by atoms with Gasteiger partial charge in [-0.2, -0.15) is 19.0 Å². The van der Waals surface area contributed by atoms with Crippen molar-refractivity contribution in [1.82, 2.24) is 29.8 Å². The summed E-state index contributed by atoms with van der Waals surface area (Å²) in [6.45, 7) is 2.29. The zero-order valence-corrected chi connectivity index (χ0v) is 15.2. The predicted molar refractivity (Wildman–Crippen MR) is 92.0 cm³/mol. The van der Waals surface area contributed by atoms with Crippen LogP contribution >= 0.6 is 0 Å². The Hall–Kier alpha value is -2.78. The lowest BCUT2D eigenvalue weighted by atomic mass is 10.2. The lowest BCUT2D eigenvalue weighted by Crippen LogP contribution is -2.38. The molecule has 27 heavy (non-hydrogen) atoms. The molecule has 0 aliphatic carbocycles. The fourth-order valence-corrected chi connectivity index (χ4v) is 2.98. The van der Waals surface area contributed by atoms with Gasteiger partial charge in [-0.15, -0.1) is 0 Å². The molecule has 1 aliphatic heterocycles. The van der Waals surface area contributed by atoms with Crippen molar-refractivity contribution in [3.8, 4) is 0 Å². The van der Waals surface area contributed by atoms with Crippen molar-refractivity contribution in [2.45, 2.75) is 52.4 Å². The smallest absolute Gasteiger partial charge is 0.333 e. The van der Waals surface area contributed by atoms with Crippen LogP contribution in [0.25, 0.3) is 0 Å². The van der Waals surface area contributed by atoms with E-state index in [1.807, 2.05) is 24.6 Å². The molecule has 0 spiro atoms. The molecule has 0 aromatic carbocycles. The van der Waals surface area contributed by atoms with E-state index >= 15 is 0 Å². The second kappa shape index (κ2) is 7.85. The number of carbonyl (C=O) groups excluding carboxylic acids is 2. The van der Waals surface area contributed by atoms with E-state index in [2.05, 4.69) is 15.5 Å². The minimum Gasteiger partial charge on any atom is -0.354 e. The van der Waals surface area contributed by atoms with Crippen LogP contribution in [-0.2, 0) is 24.3 Å². The first-order chi connectivity index (χ1) is 12.8. The highest BCUT2D eigenvalue weighted by Gasteiger charge is 2.25. The molecule has 146 valence electrons. The highest BCUT2D eigenvalue weighted by Crippen LogP contribution is 2.17. The molecule has 0 fully saturated rings. The molecule has 2 aromatic heterocycles. The third-order valence-electron chi connectivity index (χ3n) is 4.22. The molecule has 0 saturated carbocycles. The van der Waals surface area contributed by atoms with Crippen LogP contribution in [0.1, 0.15) is 48.7 Å². The number of alkyl halides is 2. The molecule has 10 heteroatoms. The van der Waals surface area contributed by atoms with E-state index in [9.17, 15) is 18.4 Å². The molecular formula is C17H22F2N6O2. The lowest BCUT2D eigenvalue weighted by Gasteiger charge is -2.27. The molecule has 0 saturated heterocycles. The van der Waals surface area contributed by atoms with Crippen LogP contribution in [0.4, 0.5) is 8.78 Å². The van der Waals surface area contributed by atoms with Gasteiger partial charge in [0.2, 0.25) is 5.91 Å². The molecule has 1 aliphatic rings. The number of nitrogens with zero attached hydrogens (tertiary/aromatic N) is 5. The third-order valence-corrected chi connectivity index (χ3v) is 4.22. The maximum absolute atomic E-state index is 12.6. The standard InChI is InChI=1S/C17H22F2N6O2/c1-11(2)20-15(26)4-3-12-9-13-10-23(7-8-24(13)21-12)16(27)14-5-6-25(22-14)17(18)19/h5-6,9,11,17H,3-4,7-8,10H2,1-2H3,(H,20,26). The quantitative estimate of drug-likeness (QED) is 0.825. The summed E-state index contributed by atoms with van der Waals surface area (Å²) < 4.78 is 27.5. The second-order valence-corrected chi connectivity index (χ2v) is 6.76. The first kappa shape index (κ1) is 19.0. The largest absolute Gasteiger partial charge is 0.354 e. The lowest BCUT2D eigenvalue weighted by molar-refractivity contribution is -0.121. The van der Waals surface area contributed by atoms with E-state index in [1.165, 1.54) is 6.07 Å². The molecule has 0 radical (unpaired) electrons. The number of aromatic nitrogens is 4. The van der Waals surface area contributed by atoms with Crippen molar-refractivity contribution in [1.29, 1.82) is 0 Å². The number of nitrogens with one attached hydrogen (secondary N) is 1. The zero-order chi connectivity index (χ0) is 19.6. The average Bonchev–Trinajstić information content (AvgIpc) is 3.25. The first-order valence-corrected chi connectivity index (χ1v) is 8.81. The van der Waals surface area contributed by atoms with E-state index in [4.69, 9.17) is 0 Å². The van der Waals surface area contributed by atoms with Gasteiger partial charge in [-0.25, -0.2) is 4.68 Å². The van der Waals surface area contributed by atoms with E-state index in [0.29, 0.717) is 37.2 Å². The Bertz CT molecular complexity index is 829. The fraction of sp³-hybridized carbons (Fsp3) is 0.529. The second-order valence-electron chi connectivity index (χ2n) is 6.76. The number of hydrogen-bond acceptors (Lipinski definition) is 4. The summed E-state index contributed by atoms with van der Waals surface area (Å²) in [7, 11) is 0. The normalized spacial score (nSPS) is 13.9. The van der Waals surface area contributed by atoms with Crippen molar-refractivity contribution in [3.05, 3.63) is 35.4 Å². The Morgan fingerprint density at radius 2 is 2.04 bits per heavy atom. The number of halogens is 2. The summed E-state index contributed by atoms with van der Waals surface area (Å²) in [5, 5.41) is 10.9. The SMILES string of the molecule is CC(C)NC(=O)CCc1cc2n(n1)CCN(C(=O)c1ccn(C(F)F)n1)C2. The van der Waals surface area contributed by atoms with Crippen LogP contribution in [0, 0.1) is 0 Å². The monoisotopic (exact) mass is 380 g/mol. The molecular weight excluding hydrogens is 358 g/mol. The third kappa shape index (κ3) is 4.50. The Morgan fingerprint density at radius 1 is 1.26 bits per heavy atom. The van der Waals surface area contributed by atoms with Gasteiger partial charge in [-0.3, -0.25) is 14.3 Å². The van der Waals surface area contributed by atoms with E-state index in [1.54, 1.807) is 4.90 Å². The molecule has 2 amide bonds. The molecule has 0 bridgehead atoms. The van der Waals surface area contributed by atoms with Crippen molar-refractivity contribution < 1.29 is 18.4 Å². The molecule has 8 nitrogen and oxygen atoms in total. The Labute approximate surface area is 155 Å². The maximum atomic E-state index is 12.6. The van der Waals surface area contributed by atoms with Crippen molar-refractivity contribution in [2.24, 2.45) is 0 Å². The van der Waals surface area contributed by atoms with Crippen LogP contribution < -0.4 is 5.32 Å². The minimum atomic E-state index is -2.77. The van der Waals surface area contributed by atoms with Crippen LogP contribution in [-0.4, -0.2) is 48.9 Å². The molecule has 0 unspecified atom stereocenters. The number of rotatable bonds is 6. The van der Waals surface area contributed by atoms with Gasteiger partial charge in [0.1, 0.15) is 0 Å². The predicted octanol–water partition coefficient (Wildman–Crippen LogP) is 1.59. The van der Waals surface area contributed by atoms with Gasteiger partial charge >= 0.3 is 6.55 Å². The molecule has 1 N–H and O–H groups in total. The summed E-state index contributed by atoms with van der Waals surface area (Å²) in [6, 6.07) is 3.26. The maximum Gasteiger partial charge on any atom is 0.333 e. The Kier molecular flexibility index (Phi) is 5.52. The topological polar surface area (TPSA) is 85.0 Å². The van der Waals surface area contributed by atoms with Crippen molar-refractivity contribution in [2.75, 3.05) is 6.54 Å². The van der Waals surface area contributed by atoms with Crippen molar-refractivity contribution in [3.63, 3.8) is 0 Å². The van der Waals surface area contributed by atoms with Gasteiger partial charge in [0.25, 0.3) is 5.91 Å². The van der Waals surface area contributed by atoms with Crippen LogP contribution in [0.15, 0.2) is 18.3 Å². The highest BCUT2D eigenvalue weighted by atomic mass is 19.3. The van der Waals surface area contributed by atoms with Crippen LogP contribution in [0.2, 0.25) is 0 Å². The summed E-state index contributed by atoms with van der Waals surface area (Å²) in [4.78, 5) is 25.8. The van der Waals surface area contributed by atoms with Crippen molar-refractivity contribution >= 4 is 11.8 Å². The van der Waals surface area contributed by atoms with Crippen LogP contribution in [0.5, 0.6) is 0 Å². The number of aryl methyl sites for hydroxylation is 1. The van der Waals surface area contributed by atoms with E-state index < -0.39 is 6.55 Å². The van der Waals surface area contributed by atoms with Gasteiger partial charge in [0.05, 0.1) is 24.5 Å². The molecule has 2 aromatic rings. The Morgan fingerprint density at radius 3 is 2.70 bits per heavy atom. The molecule has 3 heterocycles. The van der Waals surface area contributed by atoms with E-state index in [-0.39, 0.29) is 23.6 Å². The fourth-order valence-electron chi connectivity index (χ4n) is 2.98. The summed E-state index contributed by atoms with van der Waals surface area (Å²) in [6.07, 6.45) is 1.96. The van der Waals surface area contributed by atoms with Crippen LogP contribution in [0.3, 0.4) is 0 Å². The minimum absolute atomic E-state index is 0.00570. The molecule has 0 atom stereocenters. The van der Waals surface area contributed by atoms with Gasteiger partial charge < -0.3 is 10.2 Å². The number of amides is 2. The van der Waals surface area contributed by atoms with Gasteiger partial charge in [-0.05, 0) is 26.0 Å². The zero-order valence-electron chi connectivity index (χ0n) is 15.2. The summed E-state index contributed by atoms with van der Waals surface area (Å²) in [5.74, 6) is -0.415. The number of fused-ring (bicyclic) bond motifs is 1. The summed E-state index contributed by atoms with van der Waals surface area (Å²) in [5.41, 5.74) is 1.64. The number of hydrogen-bond donors (Lipinski definition) is 1. The highest BCUT2D eigenvalue weighted by molar-refractivity contribution is 5.92. The first-order valence-electron chi connectivity index (χ1n) is 8.81. The Balaban J connectivity index is 1.61. The van der Waals surface area contributed by atoms with Gasteiger partial charge in [0, 0.05) is 31.6 Å². The van der Waals surface area contributed by atoms with Gasteiger partial charge in [-0.1, -0.05) is 0 Å². The van der Waals surface area contributed by atoms with Gasteiger partial charge in [0.15, 0.2) is 5.69 Å².